The first-order chi connectivity index (χ1) is 12.2. The average molecular weight is 341 g/mol. The van der Waals surface area contributed by atoms with Crippen molar-refractivity contribution in [3.8, 4) is 0 Å². The molecule has 2 aromatic rings. The van der Waals surface area contributed by atoms with E-state index in [0.717, 1.165) is 31.3 Å². The number of hydrogen-bond donors (Lipinski definition) is 2. The highest BCUT2D eigenvalue weighted by molar-refractivity contribution is 5.80. The molecule has 0 aliphatic carbocycles. The molecule has 1 saturated heterocycles. The van der Waals surface area contributed by atoms with Crippen molar-refractivity contribution in [3.63, 3.8) is 0 Å². The van der Waals surface area contributed by atoms with Crippen molar-refractivity contribution in [1.29, 1.82) is 0 Å². The van der Waals surface area contributed by atoms with Crippen LogP contribution < -0.4 is 5.32 Å². The minimum atomic E-state index is 0.0744. The van der Waals surface area contributed by atoms with E-state index in [-0.39, 0.29) is 6.10 Å². The summed E-state index contributed by atoms with van der Waals surface area (Å²) in [5.41, 5.74) is 4.84. The molecule has 1 fully saturated rings. The maximum absolute atomic E-state index is 6.05. The second-order valence-electron chi connectivity index (χ2n) is 6.42. The minimum absolute atomic E-state index is 0.0744. The lowest BCUT2D eigenvalue weighted by molar-refractivity contribution is -0.00834. The molecule has 0 spiro atoms. The molecular weight excluding hydrogens is 314 g/mol. The molecule has 6 heteroatoms. The van der Waals surface area contributed by atoms with Gasteiger partial charge in [-0.3, -0.25) is 5.10 Å². The SMILES string of the molecule is CCNC(=NCc1ccn[nH]1)N1CCOC(c2ccc(C)cc2C)C1. The van der Waals surface area contributed by atoms with Crippen LogP contribution in [0.15, 0.2) is 35.5 Å². The van der Waals surface area contributed by atoms with Crippen molar-refractivity contribution in [2.45, 2.75) is 33.4 Å². The first-order valence-electron chi connectivity index (χ1n) is 8.87. The van der Waals surface area contributed by atoms with E-state index in [1.54, 1.807) is 6.20 Å². The standard InChI is InChI=1S/C19H27N5O/c1-4-20-19(21-12-16-7-8-22-23-16)24-9-10-25-18(13-24)17-6-5-14(2)11-15(17)3/h5-8,11,18H,4,9-10,12-13H2,1-3H3,(H,20,21)(H,22,23). The molecule has 2 N–H and O–H groups in total. The number of aromatic amines is 1. The summed E-state index contributed by atoms with van der Waals surface area (Å²) in [7, 11) is 0. The van der Waals surface area contributed by atoms with Gasteiger partial charge in [0.25, 0.3) is 0 Å². The van der Waals surface area contributed by atoms with Gasteiger partial charge in [0.05, 0.1) is 25.4 Å². The second kappa shape index (κ2) is 8.16. The van der Waals surface area contributed by atoms with Crippen LogP contribution in [0.3, 0.4) is 0 Å². The Morgan fingerprint density at radius 1 is 1.40 bits per heavy atom. The molecular formula is C19H27N5O. The van der Waals surface area contributed by atoms with Gasteiger partial charge in [-0.15, -0.1) is 0 Å². The summed E-state index contributed by atoms with van der Waals surface area (Å²) < 4.78 is 6.05. The number of benzene rings is 1. The highest BCUT2D eigenvalue weighted by Gasteiger charge is 2.25. The molecule has 3 rings (SSSR count). The molecule has 1 aromatic carbocycles. The fraction of sp³-hybridized carbons (Fsp3) is 0.474. The molecule has 134 valence electrons. The van der Waals surface area contributed by atoms with Gasteiger partial charge < -0.3 is 15.0 Å². The summed E-state index contributed by atoms with van der Waals surface area (Å²) in [6.07, 6.45) is 1.83. The maximum atomic E-state index is 6.05. The topological polar surface area (TPSA) is 65.5 Å². The molecule has 0 radical (unpaired) electrons. The van der Waals surface area contributed by atoms with E-state index in [9.17, 15) is 0 Å². The minimum Gasteiger partial charge on any atom is -0.370 e. The quantitative estimate of drug-likeness (QED) is 0.663. The Morgan fingerprint density at radius 3 is 3.00 bits per heavy atom. The predicted molar refractivity (Wildman–Crippen MR) is 99.6 cm³/mol. The lowest BCUT2D eigenvalue weighted by Crippen LogP contribution is -2.48. The third kappa shape index (κ3) is 4.39. The van der Waals surface area contributed by atoms with Crippen LogP contribution in [0.5, 0.6) is 0 Å². The number of nitrogens with one attached hydrogen (secondary N) is 2. The van der Waals surface area contributed by atoms with Crippen LogP contribution in [0.2, 0.25) is 0 Å². The summed E-state index contributed by atoms with van der Waals surface area (Å²) in [5, 5.41) is 10.3. The Balaban J connectivity index is 1.74. The molecule has 0 saturated carbocycles. The number of aryl methyl sites for hydroxylation is 2. The lowest BCUT2D eigenvalue weighted by Gasteiger charge is -2.36. The number of morpholine rings is 1. The van der Waals surface area contributed by atoms with Crippen LogP contribution >= 0.6 is 0 Å². The summed E-state index contributed by atoms with van der Waals surface area (Å²) in [6.45, 7) is 10.1. The summed E-state index contributed by atoms with van der Waals surface area (Å²) in [5.74, 6) is 0.926. The van der Waals surface area contributed by atoms with E-state index < -0.39 is 0 Å². The Bertz CT molecular complexity index is 711. The number of aromatic nitrogens is 2. The Morgan fingerprint density at radius 2 is 2.28 bits per heavy atom. The third-order valence-electron chi connectivity index (χ3n) is 4.43. The number of H-pyrrole nitrogens is 1. The van der Waals surface area contributed by atoms with Crippen LogP contribution in [-0.4, -0.2) is 47.3 Å². The number of ether oxygens (including phenoxy) is 1. The fourth-order valence-corrected chi connectivity index (χ4v) is 3.18. The molecule has 2 heterocycles. The number of nitrogens with zero attached hydrogens (tertiary/aromatic N) is 3. The number of aliphatic imine (C=N–C) groups is 1. The number of hydrogen-bond acceptors (Lipinski definition) is 3. The summed E-state index contributed by atoms with van der Waals surface area (Å²) in [6, 6.07) is 8.51. The monoisotopic (exact) mass is 341 g/mol. The van der Waals surface area contributed by atoms with Crippen LogP contribution in [0.1, 0.15) is 35.4 Å². The molecule has 25 heavy (non-hydrogen) atoms. The van der Waals surface area contributed by atoms with Gasteiger partial charge in [0.15, 0.2) is 5.96 Å². The summed E-state index contributed by atoms with van der Waals surface area (Å²) in [4.78, 5) is 7.03. The smallest absolute Gasteiger partial charge is 0.194 e. The van der Waals surface area contributed by atoms with E-state index in [2.05, 4.69) is 59.4 Å². The summed E-state index contributed by atoms with van der Waals surface area (Å²) >= 11 is 0. The van der Waals surface area contributed by atoms with Crippen molar-refractivity contribution >= 4 is 5.96 Å². The first-order valence-corrected chi connectivity index (χ1v) is 8.87. The van der Waals surface area contributed by atoms with Gasteiger partial charge in [-0.1, -0.05) is 23.8 Å². The van der Waals surface area contributed by atoms with Crippen molar-refractivity contribution in [2.75, 3.05) is 26.2 Å². The van der Waals surface area contributed by atoms with E-state index in [1.807, 2.05) is 6.07 Å². The second-order valence-corrected chi connectivity index (χ2v) is 6.42. The molecule has 1 unspecified atom stereocenters. The van der Waals surface area contributed by atoms with Crippen LogP contribution in [-0.2, 0) is 11.3 Å². The van der Waals surface area contributed by atoms with Gasteiger partial charge in [0.1, 0.15) is 6.10 Å². The lowest BCUT2D eigenvalue weighted by atomic mass is 10.00. The van der Waals surface area contributed by atoms with Crippen LogP contribution in [0.25, 0.3) is 0 Å². The van der Waals surface area contributed by atoms with Gasteiger partial charge in [-0.2, -0.15) is 5.10 Å². The molecule has 1 aromatic heterocycles. The normalized spacial score (nSPS) is 18.4. The van der Waals surface area contributed by atoms with Gasteiger partial charge in [0.2, 0.25) is 0 Å². The fourth-order valence-electron chi connectivity index (χ4n) is 3.18. The zero-order chi connectivity index (χ0) is 17.6. The molecule has 6 nitrogen and oxygen atoms in total. The van der Waals surface area contributed by atoms with E-state index >= 15 is 0 Å². The van der Waals surface area contributed by atoms with E-state index in [4.69, 9.17) is 9.73 Å². The molecule has 1 aliphatic heterocycles. The van der Waals surface area contributed by atoms with E-state index in [1.165, 1.54) is 16.7 Å². The van der Waals surface area contributed by atoms with Crippen molar-refractivity contribution in [2.24, 2.45) is 4.99 Å². The molecule has 1 aliphatic rings. The molecule has 1 atom stereocenters. The zero-order valence-corrected chi connectivity index (χ0v) is 15.2. The highest BCUT2D eigenvalue weighted by atomic mass is 16.5. The van der Waals surface area contributed by atoms with Gasteiger partial charge >= 0.3 is 0 Å². The van der Waals surface area contributed by atoms with Gasteiger partial charge in [-0.05, 0) is 38.0 Å². The third-order valence-corrected chi connectivity index (χ3v) is 4.43. The Labute approximate surface area is 149 Å². The highest BCUT2D eigenvalue weighted by Crippen LogP contribution is 2.26. The number of guanidine groups is 1. The zero-order valence-electron chi connectivity index (χ0n) is 15.2. The molecule has 0 amide bonds. The predicted octanol–water partition coefficient (Wildman–Crippen LogP) is 2.57. The number of rotatable bonds is 4. The molecule has 0 bridgehead atoms. The van der Waals surface area contributed by atoms with Gasteiger partial charge in [0, 0.05) is 19.3 Å². The first kappa shape index (κ1) is 17.5. The maximum Gasteiger partial charge on any atom is 0.194 e. The Hall–Kier alpha value is -2.34. The van der Waals surface area contributed by atoms with Crippen molar-refractivity contribution < 1.29 is 4.74 Å². The average Bonchev–Trinajstić information content (AvgIpc) is 3.12. The Kier molecular flexibility index (Phi) is 5.71. The van der Waals surface area contributed by atoms with Crippen LogP contribution in [0.4, 0.5) is 0 Å². The largest absolute Gasteiger partial charge is 0.370 e. The van der Waals surface area contributed by atoms with Crippen LogP contribution in [0, 0.1) is 13.8 Å². The van der Waals surface area contributed by atoms with E-state index in [0.29, 0.717) is 13.2 Å². The van der Waals surface area contributed by atoms with Crippen molar-refractivity contribution in [3.05, 3.63) is 52.8 Å². The van der Waals surface area contributed by atoms with Crippen molar-refractivity contribution in [1.82, 2.24) is 20.4 Å². The van der Waals surface area contributed by atoms with Gasteiger partial charge in [-0.25, -0.2) is 4.99 Å².